The highest BCUT2D eigenvalue weighted by Crippen LogP contribution is 2.16. The van der Waals surface area contributed by atoms with E-state index in [9.17, 15) is 0 Å². The highest BCUT2D eigenvalue weighted by Gasteiger charge is 2.00. The van der Waals surface area contributed by atoms with E-state index in [1.807, 2.05) is 36.5 Å². The van der Waals surface area contributed by atoms with Crippen LogP contribution in [0.5, 0.6) is 0 Å². The Kier molecular flexibility index (Phi) is 2.94. The van der Waals surface area contributed by atoms with Gasteiger partial charge in [0.25, 0.3) is 0 Å². The quantitative estimate of drug-likeness (QED) is 0.793. The van der Waals surface area contributed by atoms with Gasteiger partial charge in [-0.2, -0.15) is 0 Å². The molecular weight excluding hydrogens is 238 g/mol. The molecule has 1 aromatic carbocycles. The second-order valence-corrected chi connectivity index (χ2v) is 3.95. The Balaban J connectivity index is 2.24. The lowest BCUT2D eigenvalue weighted by Gasteiger charge is -2.02. The zero-order chi connectivity index (χ0) is 9.80. The van der Waals surface area contributed by atoms with Crippen molar-refractivity contribution in [3.8, 4) is 0 Å². The van der Waals surface area contributed by atoms with Crippen LogP contribution < -0.4 is 0 Å². The van der Waals surface area contributed by atoms with E-state index in [0.29, 0.717) is 0 Å². The van der Waals surface area contributed by atoms with Crippen molar-refractivity contribution in [2.75, 3.05) is 0 Å². The van der Waals surface area contributed by atoms with Gasteiger partial charge in [0.05, 0.1) is 5.69 Å². The minimum absolute atomic E-state index is 0.877. The maximum absolute atomic E-state index is 4.33. The standard InChI is InChI=1S/C12H10BrN/c13-11-7-4-8-14-12(11)9-10-5-2-1-3-6-10/h1-8H,9H2. The van der Waals surface area contributed by atoms with Crippen molar-refractivity contribution in [1.82, 2.24) is 4.98 Å². The second kappa shape index (κ2) is 4.38. The van der Waals surface area contributed by atoms with Crippen LogP contribution in [0.4, 0.5) is 0 Å². The van der Waals surface area contributed by atoms with Gasteiger partial charge in [0.1, 0.15) is 0 Å². The molecule has 1 aromatic heterocycles. The number of pyridine rings is 1. The molecule has 0 unspecified atom stereocenters. The molecule has 0 radical (unpaired) electrons. The monoisotopic (exact) mass is 247 g/mol. The van der Waals surface area contributed by atoms with E-state index in [1.54, 1.807) is 0 Å². The summed E-state index contributed by atoms with van der Waals surface area (Å²) in [6.45, 7) is 0. The van der Waals surface area contributed by atoms with Crippen molar-refractivity contribution in [3.63, 3.8) is 0 Å². The molecule has 0 bridgehead atoms. The fourth-order valence-electron chi connectivity index (χ4n) is 1.34. The van der Waals surface area contributed by atoms with Gasteiger partial charge >= 0.3 is 0 Å². The highest BCUT2D eigenvalue weighted by molar-refractivity contribution is 9.10. The van der Waals surface area contributed by atoms with Crippen molar-refractivity contribution >= 4 is 15.9 Å². The largest absolute Gasteiger partial charge is 0.260 e. The first-order valence-electron chi connectivity index (χ1n) is 4.49. The average Bonchev–Trinajstić information content (AvgIpc) is 2.23. The summed E-state index contributed by atoms with van der Waals surface area (Å²) in [7, 11) is 0. The van der Waals surface area contributed by atoms with Crippen LogP contribution in [-0.2, 0) is 6.42 Å². The number of hydrogen-bond donors (Lipinski definition) is 0. The van der Waals surface area contributed by atoms with Crippen LogP contribution in [0.2, 0.25) is 0 Å². The molecule has 2 rings (SSSR count). The highest BCUT2D eigenvalue weighted by atomic mass is 79.9. The van der Waals surface area contributed by atoms with Crippen molar-refractivity contribution < 1.29 is 0 Å². The lowest BCUT2D eigenvalue weighted by Crippen LogP contribution is -1.92. The number of halogens is 1. The molecular formula is C12H10BrN. The molecule has 0 aliphatic rings. The summed E-state index contributed by atoms with van der Waals surface area (Å²) in [5, 5.41) is 0. The summed E-state index contributed by atoms with van der Waals surface area (Å²) in [5.74, 6) is 0. The fraction of sp³-hybridized carbons (Fsp3) is 0.0833. The van der Waals surface area contributed by atoms with E-state index in [2.05, 4.69) is 33.0 Å². The number of benzene rings is 1. The molecule has 0 atom stereocenters. The third-order valence-corrected chi connectivity index (χ3v) is 2.77. The normalized spacial score (nSPS) is 10.1. The molecule has 2 aromatic rings. The van der Waals surface area contributed by atoms with Crippen LogP contribution in [0.25, 0.3) is 0 Å². The van der Waals surface area contributed by atoms with Crippen molar-refractivity contribution in [2.45, 2.75) is 6.42 Å². The number of aromatic nitrogens is 1. The number of nitrogens with zero attached hydrogens (tertiary/aromatic N) is 1. The van der Waals surface area contributed by atoms with E-state index in [-0.39, 0.29) is 0 Å². The molecule has 70 valence electrons. The molecule has 0 spiro atoms. The first-order chi connectivity index (χ1) is 6.86. The predicted octanol–water partition coefficient (Wildman–Crippen LogP) is 3.43. The Morgan fingerprint density at radius 1 is 1.00 bits per heavy atom. The predicted molar refractivity (Wildman–Crippen MR) is 61.2 cm³/mol. The Hall–Kier alpha value is -1.15. The molecule has 0 amide bonds. The third kappa shape index (κ3) is 2.20. The summed E-state index contributed by atoms with van der Waals surface area (Å²) >= 11 is 3.49. The minimum atomic E-state index is 0.877. The molecule has 0 aliphatic heterocycles. The van der Waals surface area contributed by atoms with Gasteiger partial charge in [0.15, 0.2) is 0 Å². The van der Waals surface area contributed by atoms with Gasteiger partial charge in [-0.05, 0) is 33.6 Å². The van der Waals surface area contributed by atoms with Gasteiger partial charge in [-0.3, -0.25) is 4.98 Å². The molecule has 1 heterocycles. The van der Waals surface area contributed by atoms with Crippen LogP contribution >= 0.6 is 15.9 Å². The van der Waals surface area contributed by atoms with Gasteiger partial charge < -0.3 is 0 Å². The SMILES string of the molecule is Brc1cccnc1Cc1ccccc1. The molecule has 1 nitrogen and oxygen atoms in total. The van der Waals surface area contributed by atoms with Crippen LogP contribution in [-0.4, -0.2) is 4.98 Å². The van der Waals surface area contributed by atoms with Gasteiger partial charge in [-0.15, -0.1) is 0 Å². The molecule has 0 N–H and O–H groups in total. The molecule has 0 saturated carbocycles. The van der Waals surface area contributed by atoms with Gasteiger partial charge in [-0.1, -0.05) is 30.3 Å². The van der Waals surface area contributed by atoms with Crippen molar-refractivity contribution in [2.24, 2.45) is 0 Å². The topological polar surface area (TPSA) is 12.9 Å². The molecule has 14 heavy (non-hydrogen) atoms. The Labute approximate surface area is 91.9 Å². The first-order valence-corrected chi connectivity index (χ1v) is 5.29. The summed E-state index contributed by atoms with van der Waals surface area (Å²) in [6, 6.07) is 14.3. The number of rotatable bonds is 2. The molecule has 0 fully saturated rings. The van der Waals surface area contributed by atoms with E-state index in [1.165, 1.54) is 5.56 Å². The van der Waals surface area contributed by atoms with Crippen molar-refractivity contribution in [1.29, 1.82) is 0 Å². The minimum Gasteiger partial charge on any atom is -0.260 e. The fourth-order valence-corrected chi connectivity index (χ4v) is 1.73. The first kappa shape index (κ1) is 9.41. The van der Waals surface area contributed by atoms with E-state index in [4.69, 9.17) is 0 Å². The lowest BCUT2D eigenvalue weighted by molar-refractivity contribution is 1.06. The zero-order valence-electron chi connectivity index (χ0n) is 7.65. The molecule has 0 saturated heterocycles. The van der Waals surface area contributed by atoms with Crippen LogP contribution in [0.15, 0.2) is 53.1 Å². The van der Waals surface area contributed by atoms with Crippen LogP contribution in [0.1, 0.15) is 11.3 Å². The van der Waals surface area contributed by atoms with Gasteiger partial charge in [0, 0.05) is 17.1 Å². The second-order valence-electron chi connectivity index (χ2n) is 3.09. The van der Waals surface area contributed by atoms with Crippen LogP contribution in [0.3, 0.4) is 0 Å². The Morgan fingerprint density at radius 2 is 1.79 bits per heavy atom. The van der Waals surface area contributed by atoms with Gasteiger partial charge in [0.2, 0.25) is 0 Å². The summed E-state index contributed by atoms with van der Waals surface area (Å²) in [5.41, 5.74) is 2.37. The van der Waals surface area contributed by atoms with E-state index >= 15 is 0 Å². The number of hydrogen-bond acceptors (Lipinski definition) is 1. The maximum Gasteiger partial charge on any atom is 0.0589 e. The third-order valence-electron chi connectivity index (χ3n) is 2.05. The smallest absolute Gasteiger partial charge is 0.0589 e. The maximum atomic E-state index is 4.33. The van der Waals surface area contributed by atoms with E-state index < -0.39 is 0 Å². The summed E-state index contributed by atoms with van der Waals surface area (Å²) < 4.78 is 1.07. The Morgan fingerprint density at radius 3 is 2.50 bits per heavy atom. The average molecular weight is 248 g/mol. The summed E-state index contributed by atoms with van der Waals surface area (Å²) in [4.78, 5) is 4.33. The van der Waals surface area contributed by atoms with Crippen LogP contribution in [0, 0.1) is 0 Å². The zero-order valence-corrected chi connectivity index (χ0v) is 9.24. The molecule has 2 heteroatoms. The molecule has 0 aliphatic carbocycles. The summed E-state index contributed by atoms with van der Waals surface area (Å²) in [6.07, 6.45) is 2.70. The van der Waals surface area contributed by atoms with Crippen molar-refractivity contribution in [3.05, 3.63) is 64.4 Å². The van der Waals surface area contributed by atoms with E-state index in [0.717, 1.165) is 16.6 Å². The van der Waals surface area contributed by atoms with Gasteiger partial charge in [-0.25, -0.2) is 0 Å². The lowest BCUT2D eigenvalue weighted by atomic mass is 10.1. The Bertz CT molecular complexity index is 412.